The zero-order valence-electron chi connectivity index (χ0n) is 17.3. The van der Waals surface area contributed by atoms with Gasteiger partial charge < -0.3 is 14.9 Å². The molecule has 2 N–H and O–H groups in total. The van der Waals surface area contributed by atoms with Crippen molar-refractivity contribution in [3.8, 4) is 0 Å². The lowest BCUT2D eigenvalue weighted by Gasteiger charge is -2.59. The van der Waals surface area contributed by atoms with E-state index in [1.54, 1.807) is 12.2 Å². The number of hydrogen-bond donors (Lipinski definition) is 2. The molecule has 1 unspecified atom stereocenters. The highest BCUT2D eigenvalue weighted by atomic mass is 16.5. The van der Waals surface area contributed by atoms with Crippen LogP contribution in [0.25, 0.3) is 0 Å². The number of allylic oxidation sites excluding steroid dienone is 4. The van der Waals surface area contributed by atoms with Crippen LogP contribution < -0.4 is 0 Å². The summed E-state index contributed by atoms with van der Waals surface area (Å²) < 4.78 is 4.88. The molecule has 0 spiro atoms. The number of rotatable bonds is 3. The van der Waals surface area contributed by atoms with E-state index in [9.17, 15) is 24.6 Å². The molecule has 0 bridgehead atoms. The molecular formula is C23H30O6. The third kappa shape index (κ3) is 2.79. The standard InChI is InChI=1S/C23H30O6/c1-13(24)29-12-19(27)23(28)9-7-17-16-5-4-14-10-15(25)6-8-21(14,2)20(16)18(26)11-22(17,23)3/h6,8,10,16-18,20,26,28H,4-5,7,9,11-12H2,1-3H3/t16?,17-,18-,20+,21-,22-,23-/m0/s1. The highest BCUT2D eigenvalue weighted by molar-refractivity contribution is 6.01. The Hall–Kier alpha value is -1.79. The summed E-state index contributed by atoms with van der Waals surface area (Å²) in [5, 5.41) is 22.7. The Morgan fingerprint density at radius 2 is 2.00 bits per heavy atom. The molecule has 4 rings (SSSR count). The number of fused-ring (bicyclic) bond motifs is 5. The van der Waals surface area contributed by atoms with Crippen LogP contribution in [0.1, 0.15) is 52.9 Å². The van der Waals surface area contributed by atoms with Crippen LogP contribution in [0.5, 0.6) is 0 Å². The number of aliphatic hydroxyl groups is 2. The smallest absolute Gasteiger partial charge is 0.303 e. The fourth-order valence-electron chi connectivity index (χ4n) is 7.08. The van der Waals surface area contributed by atoms with E-state index in [0.29, 0.717) is 19.3 Å². The van der Waals surface area contributed by atoms with Gasteiger partial charge in [0.15, 0.2) is 12.4 Å². The van der Waals surface area contributed by atoms with Crippen LogP contribution in [0.3, 0.4) is 0 Å². The fraction of sp³-hybridized carbons (Fsp3) is 0.696. The van der Waals surface area contributed by atoms with Gasteiger partial charge in [-0.25, -0.2) is 0 Å². The Bertz CT molecular complexity index is 827. The molecule has 7 atom stereocenters. The van der Waals surface area contributed by atoms with Crippen molar-refractivity contribution >= 4 is 17.5 Å². The monoisotopic (exact) mass is 402 g/mol. The summed E-state index contributed by atoms with van der Waals surface area (Å²) in [6.45, 7) is 4.80. The summed E-state index contributed by atoms with van der Waals surface area (Å²) in [7, 11) is 0. The first-order valence-corrected chi connectivity index (χ1v) is 10.5. The van der Waals surface area contributed by atoms with E-state index in [4.69, 9.17) is 4.74 Å². The van der Waals surface area contributed by atoms with E-state index in [0.717, 1.165) is 18.4 Å². The van der Waals surface area contributed by atoms with Gasteiger partial charge in [-0.1, -0.05) is 25.5 Å². The number of esters is 1. The Balaban J connectivity index is 1.66. The minimum atomic E-state index is -1.60. The third-order valence-electron chi connectivity index (χ3n) is 8.52. The van der Waals surface area contributed by atoms with Gasteiger partial charge in [0.1, 0.15) is 5.60 Å². The summed E-state index contributed by atoms with van der Waals surface area (Å²) in [4.78, 5) is 35.9. The summed E-state index contributed by atoms with van der Waals surface area (Å²) in [6, 6.07) is 0. The van der Waals surface area contributed by atoms with Crippen LogP contribution in [0, 0.1) is 28.6 Å². The van der Waals surface area contributed by atoms with Crippen molar-refractivity contribution in [3.05, 3.63) is 23.8 Å². The summed E-state index contributed by atoms with van der Waals surface area (Å²) in [5.41, 5.74) is -1.67. The molecule has 0 aromatic carbocycles. The first-order chi connectivity index (χ1) is 13.5. The highest BCUT2D eigenvalue weighted by Gasteiger charge is 2.68. The topological polar surface area (TPSA) is 101 Å². The van der Waals surface area contributed by atoms with Crippen LogP contribution in [0.2, 0.25) is 0 Å². The normalized spacial score (nSPS) is 45.7. The largest absolute Gasteiger partial charge is 0.458 e. The first kappa shape index (κ1) is 20.5. The van der Waals surface area contributed by atoms with E-state index in [1.807, 2.05) is 13.0 Å². The second kappa shape index (κ2) is 6.61. The van der Waals surface area contributed by atoms with Crippen molar-refractivity contribution in [2.45, 2.75) is 64.6 Å². The highest BCUT2D eigenvalue weighted by Crippen LogP contribution is 2.67. The maximum absolute atomic E-state index is 12.9. The molecule has 0 saturated heterocycles. The van der Waals surface area contributed by atoms with Gasteiger partial charge in [-0.3, -0.25) is 14.4 Å². The van der Waals surface area contributed by atoms with Crippen molar-refractivity contribution in [1.29, 1.82) is 0 Å². The van der Waals surface area contributed by atoms with E-state index in [1.165, 1.54) is 6.92 Å². The number of aliphatic hydroxyl groups excluding tert-OH is 1. The predicted octanol–water partition coefficient (Wildman–Crippen LogP) is 2.13. The SMILES string of the molecule is CC(=O)OCC(=O)[C@@]1(O)CC[C@H]2C3CCC4=CC(=O)C=C[C@]4(C)[C@H]3[C@@H](O)C[C@@]21C. The summed E-state index contributed by atoms with van der Waals surface area (Å²) in [6.07, 6.45) is 7.50. The average Bonchev–Trinajstić information content (AvgIpc) is 2.91. The van der Waals surface area contributed by atoms with Gasteiger partial charge in [-0.2, -0.15) is 0 Å². The van der Waals surface area contributed by atoms with Gasteiger partial charge >= 0.3 is 5.97 Å². The lowest BCUT2D eigenvalue weighted by atomic mass is 9.46. The minimum Gasteiger partial charge on any atom is -0.458 e. The predicted molar refractivity (Wildman–Crippen MR) is 105 cm³/mol. The van der Waals surface area contributed by atoms with Gasteiger partial charge in [0.05, 0.1) is 6.10 Å². The van der Waals surface area contributed by atoms with Crippen LogP contribution in [0.15, 0.2) is 23.8 Å². The van der Waals surface area contributed by atoms with E-state index in [2.05, 4.69) is 6.92 Å². The van der Waals surface area contributed by atoms with Gasteiger partial charge in [0, 0.05) is 23.7 Å². The third-order valence-corrected chi connectivity index (χ3v) is 8.52. The quantitative estimate of drug-likeness (QED) is 0.702. The molecule has 6 nitrogen and oxygen atoms in total. The molecule has 0 heterocycles. The van der Waals surface area contributed by atoms with Crippen molar-refractivity contribution in [3.63, 3.8) is 0 Å². The molecule has 4 aliphatic rings. The number of ketones is 2. The number of carbonyl (C=O) groups excluding carboxylic acids is 3. The molecule has 0 aromatic rings. The maximum Gasteiger partial charge on any atom is 0.303 e. The van der Waals surface area contributed by atoms with E-state index < -0.39 is 35.5 Å². The fourth-order valence-corrected chi connectivity index (χ4v) is 7.08. The van der Waals surface area contributed by atoms with Crippen molar-refractivity contribution < 1.29 is 29.3 Å². The second-order valence-corrected chi connectivity index (χ2v) is 9.81. The molecule has 0 radical (unpaired) electrons. The van der Waals surface area contributed by atoms with Gasteiger partial charge in [0.25, 0.3) is 0 Å². The van der Waals surface area contributed by atoms with Crippen molar-refractivity contribution in [1.82, 2.24) is 0 Å². The average molecular weight is 402 g/mol. The molecule has 0 amide bonds. The van der Waals surface area contributed by atoms with E-state index in [-0.39, 0.29) is 29.0 Å². The molecule has 0 aromatic heterocycles. The minimum absolute atomic E-state index is 0.00243. The Morgan fingerprint density at radius 1 is 1.28 bits per heavy atom. The van der Waals surface area contributed by atoms with Crippen LogP contribution in [-0.4, -0.2) is 46.1 Å². The summed E-state index contributed by atoms with van der Waals surface area (Å²) in [5.74, 6) is -0.836. The van der Waals surface area contributed by atoms with Gasteiger partial charge in [0.2, 0.25) is 5.78 Å². The Labute approximate surface area is 171 Å². The lowest BCUT2D eigenvalue weighted by molar-refractivity contribution is -0.181. The lowest BCUT2D eigenvalue weighted by Crippen LogP contribution is -2.61. The molecule has 3 saturated carbocycles. The van der Waals surface area contributed by atoms with Crippen molar-refractivity contribution in [2.24, 2.45) is 28.6 Å². The maximum atomic E-state index is 12.9. The first-order valence-electron chi connectivity index (χ1n) is 10.5. The number of carbonyl (C=O) groups is 3. The number of Topliss-reactive ketones (excluding diaryl/α,β-unsaturated/α-hetero) is 1. The van der Waals surface area contributed by atoms with Crippen LogP contribution in [-0.2, 0) is 19.1 Å². The van der Waals surface area contributed by atoms with Gasteiger partial charge in [-0.15, -0.1) is 0 Å². The van der Waals surface area contributed by atoms with Crippen LogP contribution >= 0.6 is 0 Å². The number of hydrogen-bond acceptors (Lipinski definition) is 6. The Kier molecular flexibility index (Phi) is 4.67. The summed E-state index contributed by atoms with van der Waals surface area (Å²) >= 11 is 0. The second-order valence-electron chi connectivity index (χ2n) is 9.81. The molecule has 158 valence electrons. The van der Waals surface area contributed by atoms with Crippen molar-refractivity contribution in [2.75, 3.05) is 6.61 Å². The molecule has 29 heavy (non-hydrogen) atoms. The zero-order valence-corrected chi connectivity index (χ0v) is 17.3. The van der Waals surface area contributed by atoms with Gasteiger partial charge in [-0.05, 0) is 56.1 Å². The van der Waals surface area contributed by atoms with E-state index >= 15 is 0 Å². The molecule has 3 fully saturated rings. The molecule has 0 aliphatic heterocycles. The Morgan fingerprint density at radius 3 is 2.69 bits per heavy atom. The molecule has 6 heteroatoms. The molecule has 4 aliphatic carbocycles. The number of ether oxygens (including phenoxy) is 1. The zero-order chi connectivity index (χ0) is 21.2. The van der Waals surface area contributed by atoms with Crippen LogP contribution in [0.4, 0.5) is 0 Å². The molecular weight excluding hydrogens is 372 g/mol.